The predicted molar refractivity (Wildman–Crippen MR) is 113 cm³/mol. The molecule has 2 aliphatic rings. The van der Waals surface area contributed by atoms with Gasteiger partial charge >= 0.3 is 0 Å². The van der Waals surface area contributed by atoms with Crippen molar-refractivity contribution >= 4 is 24.2 Å². The number of halogens is 1. The SMILES string of the molecule is COc1cc(OC)cc(C(=O)N2CCN(C(=O)c3n[nH]c4c3CNCC4)CC2)c1.Cl. The summed E-state index contributed by atoms with van der Waals surface area (Å²) >= 11 is 0. The fraction of sp³-hybridized carbons (Fsp3) is 0.450. The van der Waals surface area contributed by atoms with Crippen LogP contribution >= 0.6 is 12.4 Å². The van der Waals surface area contributed by atoms with Gasteiger partial charge in [0.2, 0.25) is 0 Å². The normalized spacial score (nSPS) is 15.8. The van der Waals surface area contributed by atoms with Crippen LogP contribution in [0.1, 0.15) is 32.1 Å². The van der Waals surface area contributed by atoms with Crippen LogP contribution in [-0.2, 0) is 13.0 Å². The van der Waals surface area contributed by atoms with Gasteiger partial charge in [0, 0.05) is 68.6 Å². The third kappa shape index (κ3) is 4.22. The maximum atomic E-state index is 12.9. The van der Waals surface area contributed by atoms with Gasteiger partial charge in [-0.15, -0.1) is 12.4 Å². The van der Waals surface area contributed by atoms with Gasteiger partial charge in [-0.3, -0.25) is 14.7 Å². The van der Waals surface area contributed by atoms with Gasteiger partial charge in [0.05, 0.1) is 14.2 Å². The number of carbonyl (C=O) groups is 2. The molecule has 1 aromatic heterocycles. The summed E-state index contributed by atoms with van der Waals surface area (Å²) in [5.41, 5.74) is 2.99. The van der Waals surface area contributed by atoms with E-state index in [0.29, 0.717) is 55.5 Å². The molecule has 30 heavy (non-hydrogen) atoms. The zero-order valence-corrected chi connectivity index (χ0v) is 17.9. The van der Waals surface area contributed by atoms with Crippen LogP contribution in [0.25, 0.3) is 0 Å². The third-order valence-electron chi connectivity index (χ3n) is 5.46. The summed E-state index contributed by atoms with van der Waals surface area (Å²) in [7, 11) is 3.10. The second-order valence-corrected chi connectivity index (χ2v) is 7.14. The quantitative estimate of drug-likeness (QED) is 0.745. The Kier molecular flexibility index (Phi) is 6.84. The van der Waals surface area contributed by atoms with E-state index < -0.39 is 0 Å². The Morgan fingerprint density at radius 1 is 0.967 bits per heavy atom. The molecule has 2 amide bonds. The molecule has 0 atom stereocenters. The fourth-order valence-electron chi connectivity index (χ4n) is 3.78. The lowest BCUT2D eigenvalue weighted by Gasteiger charge is -2.34. The predicted octanol–water partition coefficient (Wildman–Crippen LogP) is 1.09. The minimum Gasteiger partial charge on any atom is -0.497 e. The van der Waals surface area contributed by atoms with Gasteiger partial charge in [-0.1, -0.05) is 0 Å². The summed E-state index contributed by atoms with van der Waals surface area (Å²) in [6.07, 6.45) is 0.849. The Labute approximate surface area is 181 Å². The highest BCUT2D eigenvalue weighted by atomic mass is 35.5. The Hall–Kier alpha value is -2.78. The van der Waals surface area contributed by atoms with Crippen molar-refractivity contribution in [2.45, 2.75) is 13.0 Å². The number of amides is 2. The molecule has 1 aromatic carbocycles. The van der Waals surface area contributed by atoms with E-state index >= 15 is 0 Å². The van der Waals surface area contributed by atoms with Crippen LogP contribution < -0.4 is 14.8 Å². The van der Waals surface area contributed by atoms with Gasteiger partial charge in [0.1, 0.15) is 11.5 Å². The number of ether oxygens (including phenoxy) is 2. The number of piperazine rings is 1. The molecule has 2 aliphatic heterocycles. The number of benzene rings is 1. The fourth-order valence-corrected chi connectivity index (χ4v) is 3.78. The summed E-state index contributed by atoms with van der Waals surface area (Å²) in [5, 5.41) is 10.5. The Balaban J connectivity index is 0.00000256. The smallest absolute Gasteiger partial charge is 0.274 e. The first kappa shape index (κ1) is 21.9. The second-order valence-electron chi connectivity index (χ2n) is 7.14. The molecule has 1 fully saturated rings. The van der Waals surface area contributed by atoms with Crippen molar-refractivity contribution in [3.63, 3.8) is 0 Å². The lowest BCUT2D eigenvalue weighted by molar-refractivity contribution is 0.0531. The third-order valence-corrected chi connectivity index (χ3v) is 5.46. The zero-order chi connectivity index (χ0) is 20.4. The van der Waals surface area contributed by atoms with Crippen LogP contribution in [-0.4, -0.2) is 78.8 Å². The summed E-state index contributed by atoms with van der Waals surface area (Å²) < 4.78 is 10.5. The molecule has 2 aromatic rings. The lowest BCUT2D eigenvalue weighted by Crippen LogP contribution is -2.50. The lowest BCUT2D eigenvalue weighted by atomic mass is 10.1. The van der Waals surface area contributed by atoms with Crippen molar-refractivity contribution in [3.05, 3.63) is 40.7 Å². The first-order chi connectivity index (χ1) is 14.1. The number of carbonyl (C=O) groups excluding carboxylic acids is 2. The number of rotatable bonds is 4. The molecule has 0 spiro atoms. The Morgan fingerprint density at radius 2 is 1.57 bits per heavy atom. The maximum absolute atomic E-state index is 12.9. The standard InChI is InChI=1S/C20H25N5O4.ClH/c1-28-14-9-13(10-15(11-14)29-2)19(26)24-5-7-25(8-6-24)20(27)18-16-12-21-4-3-17(16)22-23-18;/h9-11,21H,3-8,12H2,1-2H3,(H,22,23);1H. The first-order valence-corrected chi connectivity index (χ1v) is 9.69. The molecule has 1 saturated heterocycles. The molecule has 0 bridgehead atoms. The van der Waals surface area contributed by atoms with Gasteiger partial charge in [-0.05, 0) is 12.1 Å². The van der Waals surface area contributed by atoms with Crippen molar-refractivity contribution in [2.75, 3.05) is 46.9 Å². The number of H-pyrrole nitrogens is 1. The van der Waals surface area contributed by atoms with E-state index in [-0.39, 0.29) is 24.2 Å². The monoisotopic (exact) mass is 435 g/mol. The van der Waals surface area contributed by atoms with Gasteiger partial charge in [0.25, 0.3) is 11.8 Å². The van der Waals surface area contributed by atoms with E-state index in [9.17, 15) is 9.59 Å². The van der Waals surface area contributed by atoms with Crippen molar-refractivity contribution < 1.29 is 19.1 Å². The van der Waals surface area contributed by atoms with Crippen molar-refractivity contribution in [2.24, 2.45) is 0 Å². The molecule has 0 radical (unpaired) electrons. The number of hydrogen-bond acceptors (Lipinski definition) is 6. The number of fused-ring (bicyclic) bond motifs is 1. The average molecular weight is 436 g/mol. The highest BCUT2D eigenvalue weighted by molar-refractivity contribution is 5.96. The van der Waals surface area contributed by atoms with E-state index in [0.717, 1.165) is 24.2 Å². The number of aromatic nitrogens is 2. The largest absolute Gasteiger partial charge is 0.497 e. The number of hydrogen-bond donors (Lipinski definition) is 2. The maximum Gasteiger partial charge on any atom is 0.274 e. The molecule has 2 N–H and O–H groups in total. The molecule has 0 unspecified atom stereocenters. The van der Waals surface area contributed by atoms with Crippen LogP contribution in [0.4, 0.5) is 0 Å². The number of methoxy groups -OCH3 is 2. The van der Waals surface area contributed by atoms with E-state index in [1.165, 1.54) is 0 Å². The molecule has 4 rings (SSSR count). The van der Waals surface area contributed by atoms with Crippen LogP contribution in [0, 0.1) is 0 Å². The molecular formula is C20H26ClN5O4. The van der Waals surface area contributed by atoms with Crippen molar-refractivity contribution in [1.29, 1.82) is 0 Å². The number of aromatic amines is 1. The summed E-state index contributed by atoms with van der Waals surface area (Å²) in [5.74, 6) is 0.953. The first-order valence-electron chi connectivity index (χ1n) is 9.69. The van der Waals surface area contributed by atoms with E-state index in [4.69, 9.17) is 9.47 Å². The number of nitrogens with one attached hydrogen (secondary N) is 2. The zero-order valence-electron chi connectivity index (χ0n) is 17.1. The molecular weight excluding hydrogens is 410 g/mol. The van der Waals surface area contributed by atoms with E-state index in [2.05, 4.69) is 15.5 Å². The van der Waals surface area contributed by atoms with Gasteiger partial charge in [-0.2, -0.15) is 5.10 Å². The summed E-state index contributed by atoms with van der Waals surface area (Å²) in [6.45, 7) is 3.42. The molecule has 3 heterocycles. The second kappa shape index (κ2) is 9.36. The van der Waals surface area contributed by atoms with Crippen LogP contribution in [0.5, 0.6) is 11.5 Å². The topological polar surface area (TPSA) is 99.8 Å². The van der Waals surface area contributed by atoms with Crippen LogP contribution in [0.2, 0.25) is 0 Å². The molecule has 9 nitrogen and oxygen atoms in total. The Bertz CT molecular complexity index is 902. The minimum absolute atomic E-state index is 0. The summed E-state index contributed by atoms with van der Waals surface area (Å²) in [4.78, 5) is 29.4. The molecule has 0 saturated carbocycles. The molecule has 162 valence electrons. The van der Waals surface area contributed by atoms with Crippen LogP contribution in [0.3, 0.4) is 0 Å². The average Bonchev–Trinajstić information content (AvgIpc) is 3.22. The van der Waals surface area contributed by atoms with Crippen LogP contribution in [0.15, 0.2) is 18.2 Å². The van der Waals surface area contributed by atoms with E-state index in [1.807, 2.05) is 0 Å². The Morgan fingerprint density at radius 3 is 2.17 bits per heavy atom. The summed E-state index contributed by atoms with van der Waals surface area (Å²) in [6, 6.07) is 5.13. The van der Waals surface area contributed by atoms with E-state index in [1.54, 1.807) is 42.2 Å². The van der Waals surface area contributed by atoms with Gasteiger partial charge in [0.15, 0.2) is 5.69 Å². The molecule has 10 heteroatoms. The van der Waals surface area contributed by atoms with Gasteiger partial charge < -0.3 is 24.6 Å². The van der Waals surface area contributed by atoms with Crippen molar-refractivity contribution in [3.8, 4) is 11.5 Å². The number of nitrogens with zero attached hydrogens (tertiary/aromatic N) is 3. The van der Waals surface area contributed by atoms with Crippen molar-refractivity contribution in [1.82, 2.24) is 25.3 Å². The molecule has 0 aliphatic carbocycles. The minimum atomic E-state index is -0.101. The highest BCUT2D eigenvalue weighted by Crippen LogP contribution is 2.24. The van der Waals surface area contributed by atoms with Gasteiger partial charge in [-0.25, -0.2) is 0 Å². The highest BCUT2D eigenvalue weighted by Gasteiger charge is 2.29.